The number of aliphatic carboxylic acids is 1. The summed E-state index contributed by atoms with van der Waals surface area (Å²) in [6.45, 7) is 4.77. The molecule has 1 amide bonds. The zero-order valence-corrected chi connectivity index (χ0v) is 12.5. The molecule has 1 aliphatic carbocycles. The Bertz CT molecular complexity index is 586. The van der Waals surface area contributed by atoms with Gasteiger partial charge in [-0.2, -0.15) is 0 Å². The van der Waals surface area contributed by atoms with Gasteiger partial charge in [0, 0.05) is 18.2 Å². The minimum absolute atomic E-state index is 0.100. The van der Waals surface area contributed by atoms with Crippen LogP contribution < -0.4 is 5.32 Å². The number of aryl methyl sites for hydroxylation is 1. The summed E-state index contributed by atoms with van der Waals surface area (Å²) in [5.41, 5.74) is 2.47. The predicted octanol–water partition coefficient (Wildman–Crippen LogP) is 3.01. The average molecular weight is 287 g/mol. The van der Waals surface area contributed by atoms with Crippen LogP contribution in [0.4, 0.5) is 0 Å². The Hall–Kier alpha value is -2.10. The molecule has 0 atom stereocenters. The van der Waals surface area contributed by atoms with E-state index in [2.05, 4.69) is 12.2 Å². The third-order valence-corrected chi connectivity index (χ3v) is 4.02. The van der Waals surface area contributed by atoms with Crippen LogP contribution in [0.5, 0.6) is 0 Å². The number of carbonyl (C=O) groups is 2. The summed E-state index contributed by atoms with van der Waals surface area (Å²) >= 11 is 0. The lowest BCUT2D eigenvalue weighted by Crippen LogP contribution is -2.39. The van der Waals surface area contributed by atoms with Gasteiger partial charge in [-0.3, -0.25) is 4.79 Å². The first kappa shape index (κ1) is 15.3. The van der Waals surface area contributed by atoms with Gasteiger partial charge in [0.2, 0.25) is 0 Å². The van der Waals surface area contributed by atoms with Gasteiger partial charge < -0.3 is 10.4 Å². The van der Waals surface area contributed by atoms with Crippen molar-refractivity contribution in [2.75, 3.05) is 6.54 Å². The zero-order valence-electron chi connectivity index (χ0n) is 12.5. The standard InChI is InChI=1S/C17H21NO3/c1-12-8-13(4-5-15(19)20)10-14(9-12)16(21)18-11-17(2)6-3-7-17/h4-5,8-10H,3,6-7,11H2,1-2H3,(H,18,21)(H,19,20)/b5-4+. The van der Waals surface area contributed by atoms with Crippen LogP contribution in [0.1, 0.15) is 47.7 Å². The molecule has 1 saturated carbocycles. The van der Waals surface area contributed by atoms with Crippen molar-refractivity contribution in [2.24, 2.45) is 5.41 Å². The first-order valence-corrected chi connectivity index (χ1v) is 7.19. The van der Waals surface area contributed by atoms with Gasteiger partial charge in [-0.05, 0) is 54.5 Å². The fourth-order valence-electron chi connectivity index (χ4n) is 2.56. The minimum atomic E-state index is -1.000. The summed E-state index contributed by atoms with van der Waals surface area (Å²) in [6, 6.07) is 5.38. The molecule has 0 unspecified atom stereocenters. The lowest BCUT2D eigenvalue weighted by molar-refractivity contribution is -0.131. The molecule has 21 heavy (non-hydrogen) atoms. The fourth-order valence-corrected chi connectivity index (χ4v) is 2.56. The Labute approximate surface area is 124 Å². The molecular formula is C17H21NO3. The van der Waals surface area contributed by atoms with Gasteiger partial charge in [0.25, 0.3) is 5.91 Å². The maximum absolute atomic E-state index is 12.2. The predicted molar refractivity (Wildman–Crippen MR) is 82.1 cm³/mol. The maximum Gasteiger partial charge on any atom is 0.328 e. The monoisotopic (exact) mass is 287 g/mol. The number of benzene rings is 1. The first-order valence-electron chi connectivity index (χ1n) is 7.19. The van der Waals surface area contributed by atoms with E-state index in [1.54, 1.807) is 6.07 Å². The molecule has 4 heteroatoms. The molecule has 0 radical (unpaired) electrons. The summed E-state index contributed by atoms with van der Waals surface area (Å²) in [6.07, 6.45) is 6.13. The average Bonchev–Trinajstić information content (AvgIpc) is 2.39. The molecule has 1 aromatic carbocycles. The second-order valence-electron chi connectivity index (χ2n) is 6.15. The normalized spacial score (nSPS) is 16.5. The molecule has 2 N–H and O–H groups in total. The molecule has 1 aliphatic rings. The van der Waals surface area contributed by atoms with Crippen LogP contribution in [-0.2, 0) is 4.79 Å². The number of nitrogens with one attached hydrogen (secondary N) is 1. The third-order valence-electron chi connectivity index (χ3n) is 4.02. The Morgan fingerprint density at radius 3 is 2.62 bits per heavy atom. The summed E-state index contributed by atoms with van der Waals surface area (Å²) in [5, 5.41) is 11.6. The SMILES string of the molecule is Cc1cc(/C=C/C(=O)O)cc(C(=O)NCC2(C)CCC2)c1. The van der Waals surface area contributed by atoms with E-state index in [9.17, 15) is 9.59 Å². The van der Waals surface area contributed by atoms with Crippen molar-refractivity contribution in [2.45, 2.75) is 33.1 Å². The summed E-state index contributed by atoms with van der Waals surface area (Å²) in [7, 11) is 0. The van der Waals surface area contributed by atoms with Gasteiger partial charge in [-0.15, -0.1) is 0 Å². The van der Waals surface area contributed by atoms with Crippen LogP contribution in [-0.4, -0.2) is 23.5 Å². The van der Waals surface area contributed by atoms with E-state index >= 15 is 0 Å². The van der Waals surface area contributed by atoms with E-state index in [0.29, 0.717) is 12.1 Å². The van der Waals surface area contributed by atoms with Crippen LogP contribution in [0.15, 0.2) is 24.3 Å². The van der Waals surface area contributed by atoms with E-state index < -0.39 is 5.97 Å². The minimum Gasteiger partial charge on any atom is -0.478 e. The van der Waals surface area contributed by atoms with Gasteiger partial charge in [0.15, 0.2) is 0 Å². The number of carboxylic acid groups (broad SMARTS) is 1. The highest BCUT2D eigenvalue weighted by Crippen LogP contribution is 2.39. The van der Waals surface area contributed by atoms with Crippen LogP contribution in [0.25, 0.3) is 6.08 Å². The number of carboxylic acids is 1. The number of hydrogen-bond donors (Lipinski definition) is 2. The smallest absolute Gasteiger partial charge is 0.328 e. The molecule has 0 aliphatic heterocycles. The molecule has 0 saturated heterocycles. The maximum atomic E-state index is 12.2. The quantitative estimate of drug-likeness (QED) is 0.818. The van der Waals surface area contributed by atoms with Crippen molar-refractivity contribution in [3.05, 3.63) is 41.0 Å². The molecule has 0 spiro atoms. The van der Waals surface area contributed by atoms with Crippen LogP contribution >= 0.6 is 0 Å². The van der Waals surface area contributed by atoms with Gasteiger partial charge in [-0.25, -0.2) is 4.79 Å². The van der Waals surface area contributed by atoms with E-state index in [0.717, 1.165) is 30.0 Å². The highest BCUT2D eigenvalue weighted by molar-refractivity contribution is 5.95. The Morgan fingerprint density at radius 2 is 2.05 bits per heavy atom. The number of rotatable bonds is 5. The topological polar surface area (TPSA) is 66.4 Å². The molecule has 0 bridgehead atoms. The molecule has 0 heterocycles. The Balaban J connectivity index is 2.07. The summed E-state index contributed by atoms with van der Waals surface area (Å²) in [4.78, 5) is 22.8. The zero-order chi connectivity index (χ0) is 15.5. The molecule has 0 aromatic heterocycles. The molecule has 112 valence electrons. The molecule has 1 fully saturated rings. The molecular weight excluding hydrogens is 266 g/mol. The van der Waals surface area contributed by atoms with E-state index in [-0.39, 0.29) is 11.3 Å². The van der Waals surface area contributed by atoms with Crippen LogP contribution in [0.3, 0.4) is 0 Å². The molecule has 4 nitrogen and oxygen atoms in total. The van der Waals surface area contributed by atoms with Gasteiger partial charge in [0.05, 0.1) is 0 Å². The first-order chi connectivity index (χ1) is 9.88. The second kappa shape index (κ2) is 6.12. The fraction of sp³-hybridized carbons (Fsp3) is 0.412. The van der Waals surface area contributed by atoms with E-state index in [1.165, 1.54) is 12.5 Å². The number of carbonyl (C=O) groups excluding carboxylic acids is 1. The number of amides is 1. The van der Waals surface area contributed by atoms with E-state index in [4.69, 9.17) is 5.11 Å². The Morgan fingerprint density at radius 1 is 1.33 bits per heavy atom. The van der Waals surface area contributed by atoms with E-state index in [1.807, 2.05) is 19.1 Å². The summed E-state index contributed by atoms with van der Waals surface area (Å²) < 4.78 is 0. The lowest BCUT2D eigenvalue weighted by atomic mass is 9.70. The van der Waals surface area contributed by atoms with Crippen molar-refractivity contribution < 1.29 is 14.7 Å². The largest absolute Gasteiger partial charge is 0.478 e. The van der Waals surface area contributed by atoms with Crippen molar-refractivity contribution in [1.29, 1.82) is 0 Å². The lowest BCUT2D eigenvalue weighted by Gasteiger charge is -2.38. The molecule has 2 rings (SSSR count). The van der Waals surface area contributed by atoms with Gasteiger partial charge in [-0.1, -0.05) is 19.4 Å². The second-order valence-corrected chi connectivity index (χ2v) is 6.15. The van der Waals surface area contributed by atoms with Crippen molar-refractivity contribution >= 4 is 18.0 Å². The Kier molecular flexibility index (Phi) is 4.46. The van der Waals surface area contributed by atoms with Crippen molar-refractivity contribution in [3.8, 4) is 0 Å². The van der Waals surface area contributed by atoms with Crippen LogP contribution in [0.2, 0.25) is 0 Å². The third kappa shape index (κ3) is 4.18. The molecule has 1 aromatic rings. The highest BCUT2D eigenvalue weighted by atomic mass is 16.4. The van der Waals surface area contributed by atoms with Gasteiger partial charge >= 0.3 is 5.97 Å². The van der Waals surface area contributed by atoms with Crippen LogP contribution in [0, 0.1) is 12.3 Å². The van der Waals surface area contributed by atoms with Crippen molar-refractivity contribution in [3.63, 3.8) is 0 Å². The highest BCUT2D eigenvalue weighted by Gasteiger charge is 2.31. The van der Waals surface area contributed by atoms with Crippen molar-refractivity contribution in [1.82, 2.24) is 5.32 Å². The van der Waals surface area contributed by atoms with Gasteiger partial charge in [0.1, 0.15) is 0 Å². The summed E-state index contributed by atoms with van der Waals surface area (Å²) in [5.74, 6) is -1.10. The number of hydrogen-bond acceptors (Lipinski definition) is 2.